The van der Waals surface area contributed by atoms with E-state index in [0.29, 0.717) is 30.1 Å². The summed E-state index contributed by atoms with van der Waals surface area (Å²) in [6.45, 7) is 2.75. The highest BCUT2D eigenvalue weighted by molar-refractivity contribution is 7.89. The molecule has 0 saturated carbocycles. The Morgan fingerprint density at radius 1 is 1.19 bits per heavy atom. The SMILES string of the molecule is CCS(=O)(=O)N1CCO[C@H](COc2nc(-c3ccc(N(C)C)cc3)cc3nccnc23)C1. The lowest BCUT2D eigenvalue weighted by atomic mass is 10.1. The predicted octanol–water partition coefficient (Wildman–Crippen LogP) is 2.19. The first kappa shape index (κ1) is 22.4. The van der Waals surface area contributed by atoms with E-state index in [1.54, 1.807) is 19.3 Å². The van der Waals surface area contributed by atoms with Gasteiger partial charge in [-0.2, -0.15) is 4.31 Å². The summed E-state index contributed by atoms with van der Waals surface area (Å²) in [6.07, 6.45) is 2.83. The Morgan fingerprint density at radius 2 is 1.94 bits per heavy atom. The Kier molecular flexibility index (Phi) is 6.54. The summed E-state index contributed by atoms with van der Waals surface area (Å²) in [4.78, 5) is 15.5. The zero-order valence-corrected chi connectivity index (χ0v) is 19.2. The van der Waals surface area contributed by atoms with Crippen LogP contribution in [-0.4, -0.2) is 79.9 Å². The fourth-order valence-corrected chi connectivity index (χ4v) is 4.63. The molecule has 1 aliphatic heterocycles. The molecule has 1 aliphatic rings. The van der Waals surface area contributed by atoms with Gasteiger partial charge in [0.05, 0.1) is 23.6 Å². The average molecular weight is 458 g/mol. The van der Waals surface area contributed by atoms with E-state index in [1.165, 1.54) is 4.31 Å². The molecule has 1 aromatic carbocycles. The molecule has 2 aromatic heterocycles. The molecule has 0 unspecified atom stereocenters. The second kappa shape index (κ2) is 9.35. The predicted molar refractivity (Wildman–Crippen MR) is 123 cm³/mol. The van der Waals surface area contributed by atoms with Crippen molar-refractivity contribution in [2.75, 3.05) is 51.1 Å². The van der Waals surface area contributed by atoms with Crippen molar-refractivity contribution < 1.29 is 17.9 Å². The number of pyridine rings is 1. The molecule has 1 saturated heterocycles. The summed E-state index contributed by atoms with van der Waals surface area (Å²) in [5, 5.41) is 0. The van der Waals surface area contributed by atoms with Gasteiger partial charge in [0.1, 0.15) is 12.7 Å². The maximum absolute atomic E-state index is 12.2. The van der Waals surface area contributed by atoms with Gasteiger partial charge in [0.25, 0.3) is 0 Å². The molecule has 3 heterocycles. The van der Waals surface area contributed by atoms with Gasteiger partial charge in [0.15, 0.2) is 5.52 Å². The van der Waals surface area contributed by atoms with Gasteiger partial charge in [0.2, 0.25) is 15.9 Å². The van der Waals surface area contributed by atoms with Crippen LogP contribution in [0.3, 0.4) is 0 Å². The van der Waals surface area contributed by atoms with Crippen LogP contribution in [0.2, 0.25) is 0 Å². The number of nitrogens with zero attached hydrogens (tertiary/aromatic N) is 5. The van der Waals surface area contributed by atoms with Crippen LogP contribution in [0.5, 0.6) is 5.88 Å². The lowest BCUT2D eigenvalue weighted by molar-refractivity contribution is -0.0253. The minimum Gasteiger partial charge on any atom is -0.473 e. The molecule has 3 aromatic rings. The van der Waals surface area contributed by atoms with Crippen LogP contribution in [0.25, 0.3) is 22.3 Å². The van der Waals surface area contributed by atoms with Gasteiger partial charge >= 0.3 is 0 Å². The van der Waals surface area contributed by atoms with E-state index < -0.39 is 10.0 Å². The number of fused-ring (bicyclic) bond motifs is 1. The van der Waals surface area contributed by atoms with Crippen LogP contribution in [-0.2, 0) is 14.8 Å². The Labute approximate surface area is 188 Å². The third-order valence-corrected chi connectivity index (χ3v) is 7.22. The van der Waals surface area contributed by atoms with Gasteiger partial charge < -0.3 is 14.4 Å². The van der Waals surface area contributed by atoms with Crippen LogP contribution in [0.4, 0.5) is 5.69 Å². The van der Waals surface area contributed by atoms with Crippen molar-refractivity contribution in [2.45, 2.75) is 13.0 Å². The summed E-state index contributed by atoms with van der Waals surface area (Å²) >= 11 is 0. The van der Waals surface area contributed by atoms with Crippen molar-refractivity contribution in [3.05, 3.63) is 42.7 Å². The van der Waals surface area contributed by atoms with Crippen LogP contribution < -0.4 is 9.64 Å². The molecule has 0 radical (unpaired) electrons. The Bertz CT molecular complexity index is 1180. The van der Waals surface area contributed by atoms with Gasteiger partial charge in [0, 0.05) is 50.8 Å². The van der Waals surface area contributed by atoms with Crippen molar-refractivity contribution in [1.82, 2.24) is 19.3 Å². The van der Waals surface area contributed by atoms with E-state index >= 15 is 0 Å². The summed E-state index contributed by atoms with van der Waals surface area (Å²) in [7, 11) is 0.714. The molecular formula is C22H27N5O4S. The number of sulfonamides is 1. The third kappa shape index (κ3) is 4.82. The number of rotatable bonds is 7. The van der Waals surface area contributed by atoms with E-state index in [4.69, 9.17) is 9.47 Å². The first-order chi connectivity index (χ1) is 15.4. The van der Waals surface area contributed by atoms with Gasteiger partial charge in [-0.1, -0.05) is 12.1 Å². The summed E-state index contributed by atoms with van der Waals surface area (Å²) < 4.78 is 37.6. The minimum atomic E-state index is -3.27. The molecule has 170 valence electrons. The normalized spacial score (nSPS) is 17.4. The zero-order valence-electron chi connectivity index (χ0n) is 18.4. The standard InChI is InChI=1S/C22H27N5O4S/c1-4-32(28,29)27-11-12-30-18(14-27)15-31-22-21-20(23-9-10-24-21)13-19(25-22)16-5-7-17(8-6-16)26(2)3/h5-10,13,18H,4,11-12,14-15H2,1-3H3/t18-/m0/s1. The quantitative estimate of drug-likeness (QED) is 0.533. The molecular weight excluding hydrogens is 430 g/mol. The fourth-order valence-electron chi connectivity index (χ4n) is 3.52. The van der Waals surface area contributed by atoms with Crippen molar-refractivity contribution >= 4 is 26.7 Å². The molecule has 32 heavy (non-hydrogen) atoms. The number of benzene rings is 1. The van der Waals surface area contributed by atoms with Crippen LogP contribution in [0.1, 0.15) is 6.92 Å². The fraction of sp³-hybridized carbons (Fsp3) is 0.409. The molecule has 0 spiro atoms. The molecule has 1 atom stereocenters. The van der Waals surface area contributed by atoms with Gasteiger partial charge in [-0.15, -0.1) is 0 Å². The van der Waals surface area contributed by atoms with Crippen molar-refractivity contribution in [1.29, 1.82) is 0 Å². The third-order valence-electron chi connectivity index (χ3n) is 5.37. The molecule has 4 rings (SSSR count). The van der Waals surface area contributed by atoms with E-state index in [9.17, 15) is 8.42 Å². The maximum atomic E-state index is 12.2. The van der Waals surface area contributed by atoms with E-state index in [0.717, 1.165) is 16.9 Å². The molecule has 0 bridgehead atoms. The van der Waals surface area contributed by atoms with E-state index in [2.05, 4.69) is 15.0 Å². The Balaban J connectivity index is 1.58. The smallest absolute Gasteiger partial charge is 0.242 e. The maximum Gasteiger partial charge on any atom is 0.242 e. The number of ether oxygens (including phenoxy) is 2. The lowest BCUT2D eigenvalue weighted by Crippen LogP contribution is -2.48. The number of morpholine rings is 1. The number of hydrogen-bond donors (Lipinski definition) is 0. The van der Waals surface area contributed by atoms with Gasteiger partial charge in [-0.25, -0.2) is 18.4 Å². The molecule has 10 heteroatoms. The second-order valence-corrected chi connectivity index (χ2v) is 10.00. The van der Waals surface area contributed by atoms with Crippen LogP contribution in [0.15, 0.2) is 42.7 Å². The van der Waals surface area contributed by atoms with Crippen molar-refractivity contribution in [3.8, 4) is 17.1 Å². The second-order valence-electron chi connectivity index (χ2n) is 7.74. The molecule has 0 aliphatic carbocycles. The Hall–Kier alpha value is -2.82. The molecule has 0 N–H and O–H groups in total. The first-order valence-corrected chi connectivity index (χ1v) is 12.1. The highest BCUT2D eigenvalue weighted by atomic mass is 32.2. The highest BCUT2D eigenvalue weighted by Crippen LogP contribution is 2.28. The summed E-state index contributed by atoms with van der Waals surface area (Å²) in [5.74, 6) is 0.415. The van der Waals surface area contributed by atoms with Crippen LogP contribution in [0, 0.1) is 0 Å². The first-order valence-electron chi connectivity index (χ1n) is 10.5. The van der Waals surface area contributed by atoms with Crippen LogP contribution >= 0.6 is 0 Å². The van der Waals surface area contributed by atoms with Gasteiger partial charge in [-0.3, -0.25) is 4.98 Å². The monoisotopic (exact) mass is 457 g/mol. The Morgan fingerprint density at radius 3 is 2.66 bits per heavy atom. The van der Waals surface area contributed by atoms with Crippen molar-refractivity contribution in [2.24, 2.45) is 0 Å². The molecule has 9 nitrogen and oxygen atoms in total. The van der Waals surface area contributed by atoms with Crippen molar-refractivity contribution in [3.63, 3.8) is 0 Å². The number of hydrogen-bond acceptors (Lipinski definition) is 8. The lowest BCUT2D eigenvalue weighted by Gasteiger charge is -2.31. The van der Waals surface area contributed by atoms with Gasteiger partial charge in [-0.05, 0) is 25.1 Å². The number of anilines is 1. The van der Waals surface area contributed by atoms with E-state index in [1.807, 2.05) is 49.3 Å². The number of aromatic nitrogens is 3. The largest absolute Gasteiger partial charge is 0.473 e. The summed E-state index contributed by atoms with van der Waals surface area (Å²) in [6, 6.07) is 9.93. The molecule has 1 fully saturated rings. The average Bonchev–Trinajstić information content (AvgIpc) is 2.82. The minimum absolute atomic E-state index is 0.0665. The topological polar surface area (TPSA) is 97.8 Å². The molecule has 0 amide bonds. The summed E-state index contributed by atoms with van der Waals surface area (Å²) in [5.41, 5.74) is 3.96. The zero-order chi connectivity index (χ0) is 22.7. The van der Waals surface area contributed by atoms with E-state index in [-0.39, 0.29) is 25.0 Å². The highest BCUT2D eigenvalue weighted by Gasteiger charge is 2.29.